The zero-order valence-corrected chi connectivity index (χ0v) is 11.8. The molecule has 0 rings (SSSR count). The van der Waals surface area contributed by atoms with Gasteiger partial charge in [-0.1, -0.05) is 6.92 Å². The van der Waals surface area contributed by atoms with E-state index in [1.165, 1.54) is 25.9 Å². The van der Waals surface area contributed by atoms with Gasteiger partial charge in [-0.3, -0.25) is 9.59 Å². The van der Waals surface area contributed by atoms with Crippen LogP contribution < -0.4 is 5.32 Å². The number of carboxylic acids is 1. The summed E-state index contributed by atoms with van der Waals surface area (Å²) in [5.41, 5.74) is 0. The van der Waals surface area contributed by atoms with Crippen molar-refractivity contribution in [3.05, 3.63) is 0 Å². The molecule has 0 saturated heterocycles. The van der Waals surface area contributed by atoms with E-state index in [9.17, 15) is 14.4 Å². The van der Waals surface area contributed by atoms with Crippen LogP contribution >= 0.6 is 0 Å². The van der Waals surface area contributed by atoms with Gasteiger partial charge in [-0.2, -0.15) is 0 Å². The van der Waals surface area contributed by atoms with Gasteiger partial charge < -0.3 is 20.1 Å². The molecule has 2 N–H and O–H groups in total. The largest absolute Gasteiger partial charge is 0.480 e. The Bertz CT molecular complexity index is 332. The van der Waals surface area contributed by atoms with Crippen molar-refractivity contribution in [3.8, 4) is 0 Å². The second-order valence-electron chi connectivity index (χ2n) is 4.39. The number of aliphatic carboxylic acids is 1. The number of carbonyl (C=O) groups is 3. The number of amides is 2. The van der Waals surface area contributed by atoms with E-state index in [0.29, 0.717) is 0 Å². The fourth-order valence-electron chi connectivity index (χ4n) is 1.58. The normalized spacial score (nSPS) is 13.5. The van der Waals surface area contributed by atoms with Crippen LogP contribution in [0, 0.1) is 5.92 Å². The van der Waals surface area contributed by atoms with Gasteiger partial charge in [0.2, 0.25) is 11.8 Å². The van der Waals surface area contributed by atoms with Crippen LogP contribution in [-0.2, 0) is 19.1 Å². The van der Waals surface area contributed by atoms with Gasteiger partial charge >= 0.3 is 5.97 Å². The van der Waals surface area contributed by atoms with Crippen molar-refractivity contribution in [2.75, 3.05) is 26.8 Å². The second-order valence-corrected chi connectivity index (χ2v) is 4.39. The maximum absolute atomic E-state index is 12.1. The number of carboxylic acid groups (broad SMARTS) is 1. The van der Waals surface area contributed by atoms with E-state index in [1.54, 1.807) is 6.92 Å². The minimum atomic E-state index is -1.08. The van der Waals surface area contributed by atoms with Gasteiger partial charge in [0.1, 0.15) is 6.04 Å². The van der Waals surface area contributed by atoms with Gasteiger partial charge in [0.05, 0.1) is 12.5 Å². The van der Waals surface area contributed by atoms with Crippen LogP contribution in [0.4, 0.5) is 0 Å². The van der Waals surface area contributed by atoms with Gasteiger partial charge in [0.15, 0.2) is 0 Å². The van der Waals surface area contributed by atoms with Crippen molar-refractivity contribution in [2.24, 2.45) is 5.92 Å². The zero-order valence-electron chi connectivity index (χ0n) is 11.8. The first-order valence-corrected chi connectivity index (χ1v) is 6.07. The van der Waals surface area contributed by atoms with Crippen molar-refractivity contribution < 1.29 is 24.2 Å². The number of hydrogen-bond donors (Lipinski definition) is 2. The van der Waals surface area contributed by atoms with Gasteiger partial charge in [0, 0.05) is 27.1 Å². The smallest absolute Gasteiger partial charge is 0.326 e. The molecule has 0 saturated carbocycles. The lowest BCUT2D eigenvalue weighted by Crippen LogP contribution is -2.49. The first-order valence-electron chi connectivity index (χ1n) is 6.07. The molecule has 110 valence electrons. The highest BCUT2D eigenvalue weighted by Crippen LogP contribution is 2.07. The Balaban J connectivity index is 4.70. The van der Waals surface area contributed by atoms with E-state index >= 15 is 0 Å². The lowest BCUT2D eigenvalue weighted by atomic mass is 10.1. The number of ether oxygens (including phenoxy) is 1. The molecule has 7 nitrogen and oxygen atoms in total. The Hall–Kier alpha value is -1.63. The van der Waals surface area contributed by atoms with Crippen LogP contribution in [0.25, 0.3) is 0 Å². The average molecular weight is 274 g/mol. The summed E-state index contributed by atoms with van der Waals surface area (Å²) in [5.74, 6) is -2.03. The maximum Gasteiger partial charge on any atom is 0.326 e. The molecule has 19 heavy (non-hydrogen) atoms. The minimum Gasteiger partial charge on any atom is -0.480 e. The topological polar surface area (TPSA) is 95.9 Å². The first kappa shape index (κ1) is 17.4. The number of rotatable bonds is 8. The SMILES string of the molecule is COCC(C)C(=O)N(CCNC(C)=O)C(C)C(=O)O. The quantitative estimate of drug-likeness (QED) is 0.634. The molecule has 0 aromatic heterocycles. The maximum atomic E-state index is 12.1. The number of nitrogens with one attached hydrogen (secondary N) is 1. The summed E-state index contributed by atoms with van der Waals surface area (Å²) in [6.45, 7) is 5.07. The van der Waals surface area contributed by atoms with Gasteiger partial charge in [-0.05, 0) is 6.92 Å². The molecule has 0 aliphatic rings. The third kappa shape index (κ3) is 6.19. The molecular formula is C12H22N2O5. The highest BCUT2D eigenvalue weighted by molar-refractivity contribution is 5.84. The predicted octanol–water partition coefficient (Wildman–Crippen LogP) is -0.293. The highest BCUT2D eigenvalue weighted by Gasteiger charge is 2.28. The Kier molecular flexibility index (Phi) is 7.74. The lowest BCUT2D eigenvalue weighted by Gasteiger charge is -2.29. The number of hydrogen-bond acceptors (Lipinski definition) is 4. The third-order valence-corrected chi connectivity index (χ3v) is 2.67. The van der Waals surface area contributed by atoms with Crippen molar-refractivity contribution in [2.45, 2.75) is 26.8 Å². The predicted molar refractivity (Wildman–Crippen MR) is 68.5 cm³/mol. The molecule has 0 aliphatic heterocycles. The summed E-state index contributed by atoms with van der Waals surface area (Å²) >= 11 is 0. The first-order chi connectivity index (χ1) is 8.81. The monoisotopic (exact) mass is 274 g/mol. The number of methoxy groups -OCH3 is 1. The Morgan fingerprint density at radius 1 is 1.32 bits per heavy atom. The molecular weight excluding hydrogens is 252 g/mol. The third-order valence-electron chi connectivity index (χ3n) is 2.67. The van der Waals surface area contributed by atoms with Gasteiger partial charge in [-0.25, -0.2) is 4.79 Å². The standard InChI is InChI=1S/C12H22N2O5/c1-8(7-19-4)11(16)14(9(2)12(17)18)6-5-13-10(3)15/h8-9H,5-7H2,1-4H3,(H,13,15)(H,17,18). The average Bonchev–Trinajstić information content (AvgIpc) is 2.33. The Labute approximate surface area is 112 Å². The molecule has 0 aromatic carbocycles. The number of carbonyl (C=O) groups excluding carboxylic acids is 2. The van der Waals surface area contributed by atoms with Crippen LogP contribution in [0.1, 0.15) is 20.8 Å². The second kappa shape index (κ2) is 8.47. The summed E-state index contributed by atoms with van der Waals surface area (Å²) in [7, 11) is 1.48. The number of nitrogens with zero attached hydrogens (tertiary/aromatic N) is 1. The lowest BCUT2D eigenvalue weighted by molar-refractivity contribution is -0.151. The van der Waals surface area contributed by atoms with Gasteiger partial charge in [0.25, 0.3) is 0 Å². The zero-order chi connectivity index (χ0) is 15.0. The van der Waals surface area contributed by atoms with E-state index in [1.807, 2.05) is 0 Å². The van der Waals surface area contributed by atoms with Crippen LogP contribution in [0.3, 0.4) is 0 Å². The van der Waals surface area contributed by atoms with Crippen molar-refractivity contribution in [1.82, 2.24) is 10.2 Å². The molecule has 0 spiro atoms. The van der Waals surface area contributed by atoms with E-state index in [2.05, 4.69) is 5.32 Å². The van der Waals surface area contributed by atoms with Crippen LogP contribution in [0.2, 0.25) is 0 Å². The Morgan fingerprint density at radius 2 is 1.89 bits per heavy atom. The van der Waals surface area contributed by atoms with Crippen molar-refractivity contribution in [1.29, 1.82) is 0 Å². The summed E-state index contributed by atoms with van der Waals surface area (Å²) in [6.07, 6.45) is 0. The molecule has 2 amide bonds. The summed E-state index contributed by atoms with van der Waals surface area (Å²) in [6, 6.07) is -0.944. The van der Waals surface area contributed by atoms with Gasteiger partial charge in [-0.15, -0.1) is 0 Å². The van der Waals surface area contributed by atoms with Crippen LogP contribution in [-0.4, -0.2) is 60.6 Å². The van der Waals surface area contributed by atoms with E-state index < -0.39 is 17.9 Å². The summed E-state index contributed by atoms with van der Waals surface area (Å²) < 4.78 is 4.89. The van der Waals surface area contributed by atoms with Crippen molar-refractivity contribution in [3.63, 3.8) is 0 Å². The molecule has 0 heterocycles. The van der Waals surface area contributed by atoms with E-state index in [-0.39, 0.29) is 31.5 Å². The molecule has 0 aromatic rings. The molecule has 2 unspecified atom stereocenters. The molecule has 0 bridgehead atoms. The molecule has 2 atom stereocenters. The summed E-state index contributed by atoms with van der Waals surface area (Å²) in [4.78, 5) is 35.2. The highest BCUT2D eigenvalue weighted by atomic mass is 16.5. The molecule has 0 radical (unpaired) electrons. The molecule has 0 aliphatic carbocycles. The van der Waals surface area contributed by atoms with E-state index in [0.717, 1.165) is 0 Å². The fourth-order valence-corrected chi connectivity index (χ4v) is 1.58. The summed E-state index contributed by atoms with van der Waals surface area (Å²) in [5, 5.41) is 11.5. The van der Waals surface area contributed by atoms with E-state index in [4.69, 9.17) is 9.84 Å². The molecule has 7 heteroatoms. The van der Waals surface area contributed by atoms with Crippen molar-refractivity contribution >= 4 is 17.8 Å². The van der Waals surface area contributed by atoms with Crippen LogP contribution in [0.15, 0.2) is 0 Å². The van der Waals surface area contributed by atoms with Crippen LogP contribution in [0.5, 0.6) is 0 Å². The fraction of sp³-hybridized carbons (Fsp3) is 0.750. The Morgan fingerprint density at radius 3 is 2.32 bits per heavy atom. The molecule has 0 fully saturated rings. The minimum absolute atomic E-state index is 0.153.